The van der Waals surface area contributed by atoms with Crippen molar-refractivity contribution in [2.75, 3.05) is 0 Å². The summed E-state index contributed by atoms with van der Waals surface area (Å²) < 4.78 is 44.8. The predicted molar refractivity (Wildman–Crippen MR) is 108 cm³/mol. The molecule has 0 radical (unpaired) electrons. The van der Waals surface area contributed by atoms with Crippen LogP contribution in [-0.4, -0.2) is 4.98 Å². The average Bonchev–Trinajstić information content (AvgIpc) is 3.18. The van der Waals surface area contributed by atoms with E-state index in [9.17, 15) is 13.2 Å². The summed E-state index contributed by atoms with van der Waals surface area (Å²) in [6.07, 6.45) is -4.36. The third-order valence-corrected chi connectivity index (χ3v) is 5.21. The number of oxazole rings is 1. The molecule has 0 saturated heterocycles. The number of nitrogens with zero attached hydrogens (tertiary/aromatic N) is 1. The molecule has 4 aromatic rings. The monoisotopic (exact) mass is 411 g/mol. The molecule has 0 saturated carbocycles. The Morgan fingerprint density at radius 3 is 2.10 bits per heavy atom. The molecule has 6 heteroatoms. The Bertz CT molecular complexity index is 1040. The Morgan fingerprint density at radius 2 is 1.45 bits per heavy atom. The zero-order chi connectivity index (χ0) is 20.3. The number of alkyl halides is 3. The lowest BCUT2D eigenvalue weighted by Gasteiger charge is -2.07. The standard InChI is InChI=1S/C23H16F3NOS/c24-23(25,26)19-13-7-8-16(14-19)15-29-22-27-20(17-9-3-1-4-10-17)21(28-22)18-11-5-2-6-12-18/h1-14H,15H2. The van der Waals surface area contributed by atoms with Crippen LogP contribution in [0.5, 0.6) is 0 Å². The Labute approximate surface area is 170 Å². The van der Waals surface area contributed by atoms with Gasteiger partial charge in [0.1, 0.15) is 5.69 Å². The molecule has 3 aromatic carbocycles. The Morgan fingerprint density at radius 1 is 0.793 bits per heavy atom. The lowest BCUT2D eigenvalue weighted by atomic mass is 10.1. The summed E-state index contributed by atoms with van der Waals surface area (Å²) >= 11 is 1.27. The highest BCUT2D eigenvalue weighted by atomic mass is 32.2. The Kier molecular flexibility index (Phi) is 5.45. The minimum absolute atomic E-state index is 0.326. The molecule has 1 heterocycles. The highest BCUT2D eigenvalue weighted by Crippen LogP contribution is 2.37. The molecular weight excluding hydrogens is 395 g/mol. The van der Waals surface area contributed by atoms with Crippen molar-refractivity contribution in [3.8, 4) is 22.6 Å². The summed E-state index contributed by atoms with van der Waals surface area (Å²) in [6.45, 7) is 0. The molecule has 0 fully saturated rings. The number of thioether (sulfide) groups is 1. The molecule has 0 amide bonds. The molecular formula is C23H16F3NOS. The number of halogens is 3. The number of rotatable bonds is 5. The van der Waals surface area contributed by atoms with Crippen molar-refractivity contribution < 1.29 is 17.6 Å². The fourth-order valence-corrected chi connectivity index (χ4v) is 3.69. The molecule has 0 aliphatic carbocycles. The molecule has 4 rings (SSSR count). The molecule has 0 aliphatic heterocycles. The van der Waals surface area contributed by atoms with Gasteiger partial charge in [-0.05, 0) is 11.6 Å². The van der Waals surface area contributed by atoms with Crippen molar-refractivity contribution >= 4 is 11.8 Å². The zero-order valence-corrected chi connectivity index (χ0v) is 16.0. The molecule has 0 spiro atoms. The minimum Gasteiger partial charge on any atom is -0.431 e. The van der Waals surface area contributed by atoms with Crippen molar-refractivity contribution in [2.45, 2.75) is 17.2 Å². The number of aromatic nitrogens is 1. The lowest BCUT2D eigenvalue weighted by Crippen LogP contribution is -2.04. The highest BCUT2D eigenvalue weighted by molar-refractivity contribution is 7.98. The fourth-order valence-electron chi connectivity index (χ4n) is 2.92. The maximum absolute atomic E-state index is 12.9. The fraction of sp³-hybridized carbons (Fsp3) is 0.0870. The van der Waals surface area contributed by atoms with Gasteiger partial charge in [0.05, 0.1) is 5.56 Å². The van der Waals surface area contributed by atoms with Crippen molar-refractivity contribution in [1.82, 2.24) is 4.98 Å². The highest BCUT2D eigenvalue weighted by Gasteiger charge is 2.30. The van der Waals surface area contributed by atoms with E-state index >= 15 is 0 Å². The van der Waals surface area contributed by atoms with Crippen molar-refractivity contribution in [2.24, 2.45) is 0 Å². The topological polar surface area (TPSA) is 26.0 Å². The SMILES string of the molecule is FC(F)(F)c1cccc(CSc2nc(-c3ccccc3)c(-c3ccccc3)o2)c1. The van der Waals surface area contributed by atoms with Gasteiger partial charge in [-0.25, -0.2) is 4.98 Å². The molecule has 0 aliphatic rings. The first-order valence-electron chi connectivity index (χ1n) is 8.91. The lowest BCUT2D eigenvalue weighted by molar-refractivity contribution is -0.137. The van der Waals surface area contributed by atoms with E-state index < -0.39 is 11.7 Å². The summed E-state index contributed by atoms with van der Waals surface area (Å²) in [5.74, 6) is 0.968. The molecule has 29 heavy (non-hydrogen) atoms. The van der Waals surface area contributed by atoms with Crippen LogP contribution in [-0.2, 0) is 11.9 Å². The molecule has 146 valence electrons. The van der Waals surface area contributed by atoms with Crippen LogP contribution in [0.3, 0.4) is 0 Å². The Hall–Kier alpha value is -2.99. The molecule has 0 N–H and O–H groups in total. The van der Waals surface area contributed by atoms with Gasteiger partial charge in [-0.2, -0.15) is 13.2 Å². The van der Waals surface area contributed by atoms with E-state index in [-0.39, 0.29) is 0 Å². The van der Waals surface area contributed by atoms with Gasteiger partial charge in [-0.1, -0.05) is 90.6 Å². The van der Waals surface area contributed by atoms with E-state index in [1.54, 1.807) is 6.07 Å². The summed E-state index contributed by atoms with van der Waals surface area (Å²) in [6, 6.07) is 24.6. The third kappa shape index (κ3) is 4.54. The minimum atomic E-state index is -4.36. The van der Waals surface area contributed by atoms with Gasteiger partial charge in [0, 0.05) is 16.9 Å². The van der Waals surface area contributed by atoms with Crippen LogP contribution in [0.2, 0.25) is 0 Å². The number of benzene rings is 3. The predicted octanol–water partition coefficient (Wildman–Crippen LogP) is 7.32. The quantitative estimate of drug-likeness (QED) is 0.322. The van der Waals surface area contributed by atoms with Crippen LogP contribution < -0.4 is 0 Å². The van der Waals surface area contributed by atoms with Gasteiger partial charge >= 0.3 is 6.18 Å². The Balaban J connectivity index is 1.63. The summed E-state index contributed by atoms with van der Waals surface area (Å²) in [7, 11) is 0. The van der Waals surface area contributed by atoms with Gasteiger partial charge in [0.2, 0.25) is 0 Å². The van der Waals surface area contributed by atoms with Crippen LogP contribution in [0.15, 0.2) is 94.6 Å². The van der Waals surface area contributed by atoms with E-state index in [4.69, 9.17) is 4.42 Å². The van der Waals surface area contributed by atoms with E-state index in [0.29, 0.717) is 28.0 Å². The van der Waals surface area contributed by atoms with E-state index in [1.165, 1.54) is 17.8 Å². The van der Waals surface area contributed by atoms with Crippen LogP contribution in [0, 0.1) is 0 Å². The van der Waals surface area contributed by atoms with Gasteiger partial charge in [0.25, 0.3) is 5.22 Å². The summed E-state index contributed by atoms with van der Waals surface area (Å²) in [5, 5.41) is 0.417. The largest absolute Gasteiger partial charge is 0.431 e. The molecule has 0 atom stereocenters. The first kappa shape index (κ1) is 19.3. The van der Waals surface area contributed by atoms with E-state index in [0.717, 1.165) is 23.3 Å². The van der Waals surface area contributed by atoms with E-state index in [1.807, 2.05) is 60.7 Å². The van der Waals surface area contributed by atoms with Gasteiger partial charge in [-0.15, -0.1) is 0 Å². The van der Waals surface area contributed by atoms with Crippen LogP contribution >= 0.6 is 11.8 Å². The van der Waals surface area contributed by atoms with Crippen molar-refractivity contribution in [3.63, 3.8) is 0 Å². The first-order valence-corrected chi connectivity index (χ1v) is 9.90. The summed E-state index contributed by atoms with van der Waals surface area (Å²) in [4.78, 5) is 4.62. The smallest absolute Gasteiger partial charge is 0.416 e. The molecule has 2 nitrogen and oxygen atoms in total. The second kappa shape index (κ2) is 8.17. The van der Waals surface area contributed by atoms with Gasteiger partial charge in [-0.3, -0.25) is 0 Å². The normalized spacial score (nSPS) is 11.6. The second-order valence-corrected chi connectivity index (χ2v) is 7.30. The van der Waals surface area contributed by atoms with E-state index in [2.05, 4.69) is 4.98 Å². The van der Waals surface area contributed by atoms with Crippen LogP contribution in [0.1, 0.15) is 11.1 Å². The van der Waals surface area contributed by atoms with Crippen LogP contribution in [0.25, 0.3) is 22.6 Å². The second-order valence-electron chi connectivity index (χ2n) is 6.38. The van der Waals surface area contributed by atoms with Gasteiger partial charge in [0.15, 0.2) is 5.76 Å². The van der Waals surface area contributed by atoms with Crippen molar-refractivity contribution in [1.29, 1.82) is 0 Å². The zero-order valence-electron chi connectivity index (χ0n) is 15.2. The third-order valence-electron chi connectivity index (χ3n) is 4.31. The maximum atomic E-state index is 12.9. The first-order chi connectivity index (χ1) is 14.0. The molecule has 0 bridgehead atoms. The van der Waals surface area contributed by atoms with Gasteiger partial charge < -0.3 is 4.42 Å². The van der Waals surface area contributed by atoms with Crippen LogP contribution in [0.4, 0.5) is 13.2 Å². The number of hydrogen-bond donors (Lipinski definition) is 0. The number of hydrogen-bond acceptors (Lipinski definition) is 3. The van der Waals surface area contributed by atoms with Crippen molar-refractivity contribution in [3.05, 3.63) is 96.1 Å². The maximum Gasteiger partial charge on any atom is 0.416 e. The average molecular weight is 411 g/mol. The molecule has 1 aromatic heterocycles. The summed E-state index contributed by atoms with van der Waals surface area (Å²) in [5.41, 5.74) is 2.43. The molecule has 0 unspecified atom stereocenters.